The molecule has 29 heavy (non-hydrogen) atoms. The first-order valence-electron chi connectivity index (χ1n) is 10.0. The Kier molecular flexibility index (Phi) is 5.78. The van der Waals surface area contributed by atoms with Crippen LogP contribution in [0, 0.1) is 0 Å². The summed E-state index contributed by atoms with van der Waals surface area (Å²) in [6.45, 7) is 6.16. The molecule has 2 aliphatic heterocycles. The van der Waals surface area contributed by atoms with E-state index in [1.165, 1.54) is 9.80 Å². The van der Waals surface area contributed by atoms with Gasteiger partial charge >= 0.3 is 5.91 Å². The van der Waals surface area contributed by atoms with Gasteiger partial charge < -0.3 is 19.3 Å². The van der Waals surface area contributed by atoms with Crippen LogP contribution in [0.1, 0.15) is 10.4 Å². The second kappa shape index (κ2) is 8.63. The van der Waals surface area contributed by atoms with Crippen molar-refractivity contribution in [3.63, 3.8) is 0 Å². The minimum atomic E-state index is -0.402. The Morgan fingerprint density at radius 3 is 2.28 bits per heavy atom. The number of Topliss-reactive ketones (excluding diaryl/α,β-unsaturated/α-hetero) is 1. The highest BCUT2D eigenvalue weighted by atomic mass is 16.5. The maximum absolute atomic E-state index is 12.4. The molecule has 2 N–H and O–H groups in total. The standard InChI is InChI=1S/C22H25N3O4/c1-28-17-6-8-18(9-7-17)29-15-14-23-10-12-24(13-11-23)16-25-20-5-3-2-4-19(20)21(26)22(25)27/h2-9H,10-16H2,1H3/p+2. The predicted molar refractivity (Wildman–Crippen MR) is 108 cm³/mol. The van der Waals surface area contributed by atoms with Crippen LogP contribution in [0.2, 0.25) is 0 Å². The van der Waals surface area contributed by atoms with E-state index in [2.05, 4.69) is 0 Å². The number of quaternary nitrogens is 2. The van der Waals surface area contributed by atoms with Crippen LogP contribution in [0.25, 0.3) is 0 Å². The molecule has 0 bridgehead atoms. The molecule has 2 heterocycles. The topological polar surface area (TPSA) is 64.7 Å². The first-order chi connectivity index (χ1) is 14.2. The van der Waals surface area contributed by atoms with E-state index in [0.29, 0.717) is 18.8 Å². The third kappa shape index (κ3) is 4.26. The van der Waals surface area contributed by atoms with Crippen LogP contribution in [0.15, 0.2) is 48.5 Å². The lowest BCUT2D eigenvalue weighted by atomic mass is 10.1. The lowest BCUT2D eigenvalue weighted by molar-refractivity contribution is -1.01. The van der Waals surface area contributed by atoms with Crippen LogP contribution in [-0.2, 0) is 4.79 Å². The van der Waals surface area contributed by atoms with E-state index < -0.39 is 5.91 Å². The molecule has 0 aromatic heterocycles. The molecule has 0 atom stereocenters. The van der Waals surface area contributed by atoms with E-state index >= 15 is 0 Å². The minimum Gasteiger partial charge on any atom is -0.497 e. The second-order valence-electron chi connectivity index (χ2n) is 7.51. The van der Waals surface area contributed by atoms with Crippen molar-refractivity contribution < 1.29 is 28.9 Å². The molecule has 0 unspecified atom stereocenters. The van der Waals surface area contributed by atoms with E-state index in [1.54, 1.807) is 24.1 Å². The average Bonchev–Trinajstić information content (AvgIpc) is 3.00. The number of nitrogens with zero attached hydrogens (tertiary/aromatic N) is 1. The minimum absolute atomic E-state index is 0.389. The molecule has 7 heteroatoms. The van der Waals surface area contributed by atoms with Crippen molar-refractivity contribution >= 4 is 17.4 Å². The number of anilines is 1. The van der Waals surface area contributed by atoms with Gasteiger partial charge in [-0.25, -0.2) is 0 Å². The Labute approximate surface area is 170 Å². The van der Waals surface area contributed by atoms with Gasteiger partial charge in [-0.15, -0.1) is 0 Å². The smallest absolute Gasteiger partial charge is 0.303 e. The Hall–Kier alpha value is -2.90. The summed E-state index contributed by atoms with van der Waals surface area (Å²) in [5.41, 5.74) is 1.27. The van der Waals surface area contributed by atoms with Crippen LogP contribution < -0.4 is 24.2 Å². The molecular weight excluding hydrogens is 370 g/mol. The number of carbonyl (C=O) groups excluding carboxylic acids is 2. The molecule has 0 spiro atoms. The summed E-state index contributed by atoms with van der Waals surface area (Å²) in [7, 11) is 1.65. The monoisotopic (exact) mass is 397 g/mol. The van der Waals surface area contributed by atoms with E-state index in [1.807, 2.05) is 36.4 Å². The fraction of sp³-hybridized carbons (Fsp3) is 0.364. The van der Waals surface area contributed by atoms with Gasteiger partial charge in [0.2, 0.25) is 0 Å². The van der Waals surface area contributed by atoms with E-state index in [0.717, 1.165) is 49.9 Å². The highest BCUT2D eigenvalue weighted by Crippen LogP contribution is 2.27. The Bertz CT molecular complexity index is 876. The normalized spacial score (nSPS) is 21.2. The first kappa shape index (κ1) is 19.4. The number of rotatable bonds is 7. The number of carbonyl (C=O) groups is 2. The largest absolute Gasteiger partial charge is 0.497 e. The van der Waals surface area contributed by atoms with Gasteiger partial charge in [-0.05, 0) is 36.4 Å². The SMILES string of the molecule is COc1ccc(OCC[NH+]2CC[NH+](CN3C(=O)C(=O)c4ccccc43)CC2)cc1. The maximum atomic E-state index is 12.4. The zero-order chi connectivity index (χ0) is 20.2. The van der Waals surface area contributed by atoms with Crippen LogP contribution in [-0.4, -0.2) is 64.8 Å². The summed E-state index contributed by atoms with van der Waals surface area (Å²) < 4.78 is 11.0. The number of ketones is 1. The van der Waals surface area contributed by atoms with Crippen molar-refractivity contribution in [1.29, 1.82) is 0 Å². The highest BCUT2D eigenvalue weighted by molar-refractivity contribution is 6.52. The molecule has 152 valence electrons. The summed E-state index contributed by atoms with van der Waals surface area (Å²) in [6.07, 6.45) is 0. The van der Waals surface area contributed by atoms with Crippen LogP contribution in [0.5, 0.6) is 11.5 Å². The summed E-state index contributed by atoms with van der Waals surface area (Å²) >= 11 is 0. The van der Waals surface area contributed by atoms with Crippen molar-refractivity contribution in [2.45, 2.75) is 0 Å². The molecule has 2 aromatic carbocycles. The molecule has 0 aliphatic carbocycles. The van der Waals surface area contributed by atoms with Gasteiger partial charge in [-0.2, -0.15) is 0 Å². The lowest BCUT2D eigenvalue weighted by Gasteiger charge is -2.31. The highest BCUT2D eigenvalue weighted by Gasteiger charge is 2.38. The Morgan fingerprint density at radius 2 is 1.55 bits per heavy atom. The van der Waals surface area contributed by atoms with E-state index in [9.17, 15) is 9.59 Å². The van der Waals surface area contributed by atoms with Gasteiger partial charge in [0.25, 0.3) is 5.78 Å². The number of fused-ring (bicyclic) bond motifs is 1. The average molecular weight is 397 g/mol. The van der Waals surface area contributed by atoms with E-state index in [4.69, 9.17) is 9.47 Å². The summed E-state index contributed by atoms with van der Waals surface area (Å²) in [4.78, 5) is 29.0. The molecule has 2 aromatic rings. The number of piperazine rings is 1. The molecular formula is C22H27N3O4+2. The van der Waals surface area contributed by atoms with Gasteiger partial charge in [0.1, 0.15) is 50.8 Å². The van der Waals surface area contributed by atoms with Crippen molar-refractivity contribution in [1.82, 2.24) is 0 Å². The molecule has 1 saturated heterocycles. The number of hydrogen-bond donors (Lipinski definition) is 2. The van der Waals surface area contributed by atoms with Crippen molar-refractivity contribution in [3.05, 3.63) is 54.1 Å². The van der Waals surface area contributed by atoms with Gasteiger partial charge in [0, 0.05) is 0 Å². The number of amides is 1. The molecule has 7 nitrogen and oxygen atoms in total. The summed E-state index contributed by atoms with van der Waals surface area (Å²) in [6, 6.07) is 14.9. The summed E-state index contributed by atoms with van der Waals surface area (Å²) in [5.74, 6) is 0.884. The van der Waals surface area contributed by atoms with Gasteiger partial charge in [0.15, 0.2) is 6.67 Å². The number of benzene rings is 2. The quantitative estimate of drug-likeness (QED) is 0.591. The molecule has 0 saturated carbocycles. The Morgan fingerprint density at radius 1 is 0.897 bits per heavy atom. The lowest BCUT2D eigenvalue weighted by Crippen LogP contribution is -3.28. The molecule has 4 rings (SSSR count). The summed E-state index contributed by atoms with van der Waals surface area (Å²) in [5, 5.41) is 0. The van der Waals surface area contributed by atoms with Crippen molar-refractivity contribution in [2.75, 3.05) is 58.0 Å². The number of ether oxygens (including phenoxy) is 2. The van der Waals surface area contributed by atoms with E-state index in [-0.39, 0.29) is 5.78 Å². The van der Waals surface area contributed by atoms with Gasteiger partial charge in [0.05, 0.1) is 18.4 Å². The molecule has 1 amide bonds. The zero-order valence-electron chi connectivity index (χ0n) is 16.6. The van der Waals surface area contributed by atoms with Crippen molar-refractivity contribution in [3.8, 4) is 11.5 Å². The number of hydrogen-bond acceptors (Lipinski definition) is 4. The van der Waals surface area contributed by atoms with Crippen LogP contribution in [0.3, 0.4) is 0 Å². The first-order valence-corrected chi connectivity index (χ1v) is 10.0. The molecule has 2 aliphatic rings. The molecule has 0 radical (unpaired) electrons. The van der Waals surface area contributed by atoms with Crippen LogP contribution in [0.4, 0.5) is 5.69 Å². The third-order valence-corrected chi connectivity index (χ3v) is 5.71. The predicted octanol–water partition coefficient (Wildman–Crippen LogP) is -0.956. The maximum Gasteiger partial charge on any atom is 0.303 e. The van der Waals surface area contributed by atoms with Crippen LogP contribution >= 0.6 is 0 Å². The zero-order valence-corrected chi connectivity index (χ0v) is 16.6. The van der Waals surface area contributed by atoms with Gasteiger partial charge in [-0.1, -0.05) is 12.1 Å². The van der Waals surface area contributed by atoms with Crippen molar-refractivity contribution in [2.24, 2.45) is 0 Å². The fourth-order valence-corrected chi connectivity index (χ4v) is 3.98. The molecule has 1 fully saturated rings. The number of methoxy groups -OCH3 is 1. The second-order valence-corrected chi connectivity index (χ2v) is 7.51. The number of nitrogens with one attached hydrogen (secondary N) is 2. The number of para-hydroxylation sites is 1. The fourth-order valence-electron chi connectivity index (χ4n) is 3.98. The third-order valence-electron chi connectivity index (χ3n) is 5.71. The Balaban J connectivity index is 1.23. The van der Waals surface area contributed by atoms with Gasteiger partial charge in [-0.3, -0.25) is 14.5 Å².